The normalized spacial score (nSPS) is 14.2. The maximum Gasteiger partial charge on any atom is 0.248 e. The van der Waals surface area contributed by atoms with Crippen LogP contribution in [-0.4, -0.2) is 56.0 Å². The molecule has 2 N–H and O–H groups in total. The third kappa shape index (κ3) is 5.41. The van der Waals surface area contributed by atoms with E-state index in [1.807, 2.05) is 44.2 Å². The molecule has 0 spiro atoms. The van der Waals surface area contributed by atoms with Crippen molar-refractivity contribution in [3.05, 3.63) is 59.2 Å². The fraction of sp³-hybridized carbons (Fsp3) is 0.375. The molecule has 0 bridgehead atoms. The maximum atomic E-state index is 13.2. The Morgan fingerprint density at radius 1 is 1.06 bits per heavy atom. The summed E-state index contributed by atoms with van der Waals surface area (Å²) in [4.78, 5) is 30.5. The molecule has 0 saturated carbocycles. The highest BCUT2D eigenvalue weighted by molar-refractivity contribution is 5.95. The van der Waals surface area contributed by atoms with Gasteiger partial charge in [0, 0.05) is 49.7 Å². The van der Waals surface area contributed by atoms with E-state index in [2.05, 4.69) is 15.9 Å². The number of rotatable bonds is 7. The molecular formula is C24H29N5O2. The van der Waals surface area contributed by atoms with Crippen molar-refractivity contribution < 1.29 is 9.59 Å². The summed E-state index contributed by atoms with van der Waals surface area (Å²) in [6.45, 7) is 7.89. The number of hydrogen-bond donors (Lipinski definition) is 1. The Morgan fingerprint density at radius 3 is 2.35 bits per heavy atom. The summed E-state index contributed by atoms with van der Waals surface area (Å²) in [5.41, 5.74) is 9.93. The molecule has 1 heterocycles. The van der Waals surface area contributed by atoms with Gasteiger partial charge in [-0.1, -0.05) is 12.1 Å². The highest BCUT2D eigenvalue weighted by Gasteiger charge is 2.24. The second kappa shape index (κ2) is 10.1. The highest BCUT2D eigenvalue weighted by Crippen LogP contribution is 2.24. The van der Waals surface area contributed by atoms with E-state index < -0.39 is 5.91 Å². The number of nitrogens with zero attached hydrogens (tertiary/aromatic N) is 4. The van der Waals surface area contributed by atoms with Gasteiger partial charge in [0.05, 0.1) is 19.0 Å². The molecule has 1 aliphatic rings. The van der Waals surface area contributed by atoms with Gasteiger partial charge >= 0.3 is 0 Å². The van der Waals surface area contributed by atoms with E-state index in [-0.39, 0.29) is 5.91 Å². The monoisotopic (exact) mass is 419 g/mol. The van der Waals surface area contributed by atoms with Crippen molar-refractivity contribution in [3.63, 3.8) is 0 Å². The Balaban J connectivity index is 1.62. The first kappa shape index (κ1) is 22.3. The molecule has 162 valence electrons. The Labute approximate surface area is 183 Å². The molecule has 1 saturated heterocycles. The zero-order valence-electron chi connectivity index (χ0n) is 18.2. The first-order chi connectivity index (χ1) is 14.9. The van der Waals surface area contributed by atoms with Crippen molar-refractivity contribution in [1.29, 1.82) is 5.26 Å². The van der Waals surface area contributed by atoms with Gasteiger partial charge in [-0.15, -0.1) is 0 Å². The van der Waals surface area contributed by atoms with E-state index in [1.54, 1.807) is 17.0 Å². The minimum Gasteiger partial charge on any atom is -0.369 e. The Morgan fingerprint density at radius 2 is 1.74 bits per heavy atom. The largest absolute Gasteiger partial charge is 0.369 e. The lowest BCUT2D eigenvalue weighted by molar-refractivity contribution is -0.119. The van der Waals surface area contributed by atoms with Gasteiger partial charge in [-0.3, -0.25) is 14.5 Å². The lowest BCUT2D eigenvalue weighted by atomic mass is 10.1. The number of aryl methyl sites for hydroxylation is 1. The van der Waals surface area contributed by atoms with Crippen LogP contribution >= 0.6 is 0 Å². The van der Waals surface area contributed by atoms with Crippen LogP contribution in [0.25, 0.3) is 0 Å². The van der Waals surface area contributed by atoms with Gasteiger partial charge in [-0.05, 0) is 55.3 Å². The first-order valence-electron chi connectivity index (χ1n) is 10.5. The van der Waals surface area contributed by atoms with Crippen LogP contribution in [0.4, 0.5) is 11.4 Å². The van der Waals surface area contributed by atoms with E-state index in [9.17, 15) is 9.59 Å². The third-order valence-electron chi connectivity index (χ3n) is 5.86. The average Bonchev–Trinajstić information content (AvgIpc) is 2.77. The number of primary amides is 1. The third-order valence-corrected chi connectivity index (χ3v) is 5.86. The molecule has 1 aliphatic heterocycles. The summed E-state index contributed by atoms with van der Waals surface area (Å²) in [5, 5.41) is 9.04. The summed E-state index contributed by atoms with van der Waals surface area (Å²) < 4.78 is 0. The van der Waals surface area contributed by atoms with Crippen molar-refractivity contribution in [2.24, 2.45) is 5.73 Å². The number of piperazine rings is 1. The van der Waals surface area contributed by atoms with Crippen LogP contribution in [0.15, 0.2) is 42.5 Å². The summed E-state index contributed by atoms with van der Waals surface area (Å²) in [6.07, 6.45) is 0.300. The van der Waals surface area contributed by atoms with Gasteiger partial charge in [-0.25, -0.2) is 0 Å². The SMILES string of the molecule is Cc1cccc(N(CCC#N)C(=O)CN2CCN(c3ccc(C(N)=O)cc3)CC2)c1C. The van der Waals surface area contributed by atoms with Crippen LogP contribution in [0.2, 0.25) is 0 Å². The molecule has 3 rings (SSSR count). The second-order valence-corrected chi connectivity index (χ2v) is 7.85. The molecule has 0 aromatic heterocycles. The lowest BCUT2D eigenvalue weighted by Gasteiger charge is -2.36. The topological polar surface area (TPSA) is 93.7 Å². The summed E-state index contributed by atoms with van der Waals surface area (Å²) in [6, 6.07) is 15.4. The van der Waals surface area contributed by atoms with E-state index in [0.29, 0.717) is 25.1 Å². The number of hydrogen-bond acceptors (Lipinski definition) is 5. The van der Waals surface area contributed by atoms with Crippen molar-refractivity contribution in [2.75, 3.05) is 49.1 Å². The standard InChI is InChI=1S/C24H29N5O2/c1-18-5-3-6-22(19(18)2)29(12-4-11-25)23(30)17-27-13-15-28(16-14-27)21-9-7-20(8-10-21)24(26)31/h3,5-10H,4,12-17H2,1-2H3,(H2,26,31). The number of anilines is 2. The molecule has 2 aromatic rings. The Kier molecular flexibility index (Phi) is 7.27. The molecule has 31 heavy (non-hydrogen) atoms. The van der Waals surface area contributed by atoms with Crippen LogP contribution in [0.1, 0.15) is 27.9 Å². The number of carbonyl (C=O) groups excluding carboxylic acids is 2. The molecule has 1 fully saturated rings. The minimum atomic E-state index is -0.431. The highest BCUT2D eigenvalue weighted by atomic mass is 16.2. The molecule has 2 aromatic carbocycles. The van der Waals surface area contributed by atoms with Gasteiger partial charge in [0.15, 0.2) is 0 Å². The maximum absolute atomic E-state index is 13.2. The summed E-state index contributed by atoms with van der Waals surface area (Å²) in [5.74, 6) is -0.414. The van der Waals surface area contributed by atoms with Gasteiger partial charge in [0.25, 0.3) is 0 Å². The molecule has 0 atom stereocenters. The number of carbonyl (C=O) groups is 2. The fourth-order valence-corrected chi connectivity index (χ4v) is 3.85. The van der Waals surface area contributed by atoms with Crippen molar-refractivity contribution >= 4 is 23.2 Å². The van der Waals surface area contributed by atoms with Crippen LogP contribution in [-0.2, 0) is 4.79 Å². The van der Waals surface area contributed by atoms with Crippen LogP contribution in [0.3, 0.4) is 0 Å². The van der Waals surface area contributed by atoms with E-state index in [4.69, 9.17) is 11.0 Å². The van der Waals surface area contributed by atoms with E-state index in [1.165, 1.54) is 0 Å². The van der Waals surface area contributed by atoms with E-state index in [0.717, 1.165) is 48.7 Å². The Bertz CT molecular complexity index is 972. The molecular weight excluding hydrogens is 390 g/mol. The molecule has 7 heteroatoms. The van der Waals surface area contributed by atoms with Crippen molar-refractivity contribution in [2.45, 2.75) is 20.3 Å². The second-order valence-electron chi connectivity index (χ2n) is 7.85. The quantitative estimate of drug-likeness (QED) is 0.744. The predicted octanol–water partition coefficient (Wildman–Crippen LogP) is 2.47. The van der Waals surface area contributed by atoms with E-state index >= 15 is 0 Å². The molecule has 0 radical (unpaired) electrons. The minimum absolute atomic E-state index is 0.0169. The average molecular weight is 420 g/mol. The fourth-order valence-electron chi connectivity index (χ4n) is 3.85. The van der Waals surface area contributed by atoms with Gasteiger partial charge in [-0.2, -0.15) is 5.26 Å². The number of amides is 2. The molecule has 0 aliphatic carbocycles. The van der Waals surface area contributed by atoms with Crippen molar-refractivity contribution in [3.8, 4) is 6.07 Å². The Hall–Kier alpha value is -3.37. The van der Waals surface area contributed by atoms with Crippen molar-refractivity contribution in [1.82, 2.24) is 4.90 Å². The smallest absolute Gasteiger partial charge is 0.248 e. The summed E-state index contributed by atoms with van der Waals surface area (Å²) >= 11 is 0. The zero-order valence-corrected chi connectivity index (χ0v) is 18.2. The first-order valence-corrected chi connectivity index (χ1v) is 10.5. The van der Waals surface area contributed by atoms with Crippen LogP contribution in [0.5, 0.6) is 0 Å². The lowest BCUT2D eigenvalue weighted by Crippen LogP contribution is -2.50. The molecule has 2 amide bonds. The van der Waals surface area contributed by atoms with Gasteiger partial charge < -0.3 is 15.5 Å². The van der Waals surface area contributed by atoms with Crippen LogP contribution in [0, 0.1) is 25.2 Å². The zero-order chi connectivity index (χ0) is 22.4. The van der Waals surface area contributed by atoms with Gasteiger partial charge in [0.2, 0.25) is 11.8 Å². The molecule has 7 nitrogen and oxygen atoms in total. The van der Waals surface area contributed by atoms with Gasteiger partial charge in [0.1, 0.15) is 0 Å². The predicted molar refractivity (Wildman–Crippen MR) is 122 cm³/mol. The number of nitriles is 1. The molecule has 0 unspecified atom stereocenters. The van der Waals surface area contributed by atoms with Crippen LogP contribution < -0.4 is 15.5 Å². The number of benzene rings is 2. The number of nitrogens with two attached hydrogens (primary N) is 1. The summed E-state index contributed by atoms with van der Waals surface area (Å²) in [7, 11) is 0.